The van der Waals surface area contributed by atoms with Crippen molar-refractivity contribution in [2.24, 2.45) is 50.7 Å². The van der Waals surface area contributed by atoms with Gasteiger partial charge in [0, 0.05) is 36.5 Å². The molecule has 1 aliphatic heterocycles. The van der Waals surface area contributed by atoms with Crippen LogP contribution in [0.15, 0.2) is 29.3 Å². The molecule has 0 radical (unpaired) electrons. The number of hydrogen-bond donors (Lipinski definition) is 4. The van der Waals surface area contributed by atoms with Crippen molar-refractivity contribution in [3.8, 4) is 5.75 Å². The SMILES string of the molecule is CC(C)C1=C2[C@H]3CC[C@@H]4[C@@]5(C)CC[C@H](OC(=O)CC(C)(C)C(=O)O)C(C)(C)[C@@H]5CC[C@@]4(C)[C@]3(C)CC[C@@]2(NC(=O)C(C)(C)NC(=O)c2ccc(Cl)cc2OCCN2CC[C@H](O)C2)CC1=O. The average molecular weight is 923 g/mol. The largest absolute Gasteiger partial charge is 0.491 e. The molecule has 1 aromatic carbocycles. The van der Waals surface area contributed by atoms with Gasteiger partial charge in [-0.1, -0.05) is 60.1 Å². The summed E-state index contributed by atoms with van der Waals surface area (Å²) < 4.78 is 12.3. The Kier molecular flexibility index (Phi) is 13.1. The number of amides is 2. The number of carbonyl (C=O) groups is 5. The van der Waals surface area contributed by atoms with Gasteiger partial charge in [-0.25, -0.2) is 0 Å². The Morgan fingerprint density at radius 2 is 1.63 bits per heavy atom. The smallest absolute Gasteiger partial charge is 0.309 e. The second-order valence-electron chi connectivity index (χ2n) is 23.7. The standard InChI is InChI=1S/C52H76ClN3O9/c1-30(2)41-35(58)27-52(55-44(61)48(7,8)54-43(60)33-13-12-31(53)26-36(33)64-25-24-56-23-18-32(57)29-56)22-21-50(10)34(42(41)52)14-15-38-49(9)19-17-39(65-40(59)28-46(3,4)45(62)63)47(5,6)37(49)16-20-51(38,50)11/h12-13,26,30,32,34,37-39,57H,14-25,27-29H2,1-11H3,(H,54,60)(H,55,61)(H,62,63)/t32-,34+,37-,38+,39-,49-,50+,51+,52+/m0/s1. The zero-order valence-corrected chi connectivity index (χ0v) is 41.6. The van der Waals surface area contributed by atoms with Crippen LogP contribution in [0.25, 0.3) is 0 Å². The molecular formula is C52H76ClN3O9. The lowest BCUT2D eigenvalue weighted by Gasteiger charge is -2.72. The number of aliphatic carboxylic acids is 1. The Balaban J connectivity index is 1.10. The van der Waals surface area contributed by atoms with E-state index in [1.807, 2.05) is 0 Å². The first-order chi connectivity index (χ1) is 30.1. The van der Waals surface area contributed by atoms with E-state index in [1.165, 1.54) is 0 Å². The molecule has 360 valence electrons. The molecular weight excluding hydrogens is 846 g/mol. The molecule has 13 heteroatoms. The van der Waals surface area contributed by atoms with Gasteiger partial charge in [0.25, 0.3) is 5.91 Å². The molecule has 1 aromatic rings. The number of esters is 1. The van der Waals surface area contributed by atoms with Crippen LogP contribution in [0.3, 0.4) is 0 Å². The summed E-state index contributed by atoms with van der Waals surface area (Å²) in [7, 11) is 0. The van der Waals surface area contributed by atoms with Crippen molar-refractivity contribution in [3.63, 3.8) is 0 Å². The predicted molar refractivity (Wildman–Crippen MR) is 249 cm³/mol. The fraction of sp³-hybridized carbons (Fsp3) is 0.750. The Labute approximate surface area is 391 Å². The fourth-order valence-corrected chi connectivity index (χ4v) is 14.6. The number of halogens is 1. The number of Topliss-reactive ketones (excluding diaryl/α,β-unsaturated/α-hetero) is 1. The number of rotatable bonds is 13. The number of carbonyl (C=O) groups excluding carboxylic acids is 4. The number of ketones is 1. The summed E-state index contributed by atoms with van der Waals surface area (Å²) in [4.78, 5) is 70.1. The van der Waals surface area contributed by atoms with E-state index >= 15 is 0 Å². The minimum absolute atomic E-state index is 0.0219. The zero-order valence-electron chi connectivity index (χ0n) is 40.9. The molecule has 6 aliphatic rings. The van der Waals surface area contributed by atoms with E-state index in [-0.39, 0.29) is 75.8 Å². The van der Waals surface area contributed by atoms with Gasteiger partial charge in [-0.2, -0.15) is 0 Å². The summed E-state index contributed by atoms with van der Waals surface area (Å²) in [6.45, 7) is 24.8. The van der Waals surface area contributed by atoms with Crippen LogP contribution in [-0.4, -0.2) is 94.2 Å². The van der Waals surface area contributed by atoms with Crippen LogP contribution < -0.4 is 15.4 Å². The fourth-order valence-electron chi connectivity index (χ4n) is 14.5. The number of carboxylic acid groups (broad SMARTS) is 1. The second-order valence-corrected chi connectivity index (χ2v) is 24.2. The number of carboxylic acids is 1. The van der Waals surface area contributed by atoms with Crippen molar-refractivity contribution in [1.29, 1.82) is 0 Å². The molecule has 0 spiro atoms. The third-order valence-corrected chi connectivity index (χ3v) is 18.5. The van der Waals surface area contributed by atoms with E-state index in [2.05, 4.69) is 64.0 Å². The number of nitrogens with zero attached hydrogens (tertiary/aromatic N) is 1. The van der Waals surface area contributed by atoms with Gasteiger partial charge < -0.3 is 30.3 Å². The van der Waals surface area contributed by atoms with Gasteiger partial charge in [-0.05, 0) is 155 Å². The van der Waals surface area contributed by atoms with Gasteiger partial charge in [0.15, 0.2) is 5.78 Å². The quantitative estimate of drug-likeness (QED) is 0.141. The van der Waals surface area contributed by atoms with E-state index in [9.17, 15) is 34.2 Å². The molecule has 7 rings (SSSR count). The van der Waals surface area contributed by atoms with E-state index in [0.29, 0.717) is 48.7 Å². The van der Waals surface area contributed by atoms with Gasteiger partial charge in [-0.3, -0.25) is 28.9 Å². The second kappa shape index (κ2) is 17.2. The van der Waals surface area contributed by atoms with Gasteiger partial charge in [0.05, 0.1) is 29.0 Å². The number of nitrogens with one attached hydrogen (secondary N) is 2. The van der Waals surface area contributed by atoms with E-state index in [0.717, 1.165) is 69.1 Å². The number of ether oxygens (including phenoxy) is 2. The van der Waals surface area contributed by atoms with Crippen molar-refractivity contribution < 1.29 is 43.7 Å². The minimum Gasteiger partial charge on any atom is -0.491 e. The number of β-amino-alcohol motifs (C(OH)–C–C–N with tert-alkyl or cyclic N) is 1. The zero-order chi connectivity index (χ0) is 47.9. The number of allylic oxidation sites excluding steroid dienone is 1. The minimum atomic E-state index is -1.35. The van der Waals surface area contributed by atoms with Gasteiger partial charge in [0.2, 0.25) is 5.91 Å². The summed E-state index contributed by atoms with van der Waals surface area (Å²) in [6.07, 6.45) is 7.05. The van der Waals surface area contributed by atoms with Crippen LogP contribution in [0.4, 0.5) is 0 Å². The molecule has 2 amide bonds. The molecule has 0 unspecified atom stereocenters. The Morgan fingerprint density at radius 1 is 0.923 bits per heavy atom. The van der Waals surface area contributed by atoms with Crippen molar-refractivity contribution in [3.05, 3.63) is 39.9 Å². The van der Waals surface area contributed by atoms with Gasteiger partial charge >= 0.3 is 11.9 Å². The van der Waals surface area contributed by atoms with E-state index in [1.54, 1.807) is 45.9 Å². The maximum atomic E-state index is 14.7. The van der Waals surface area contributed by atoms with Gasteiger partial charge in [0.1, 0.15) is 24.0 Å². The Bertz CT molecular complexity index is 2130. The monoisotopic (exact) mass is 922 g/mol. The highest BCUT2D eigenvalue weighted by Gasteiger charge is 2.70. The summed E-state index contributed by atoms with van der Waals surface area (Å²) >= 11 is 6.35. The molecule has 0 bridgehead atoms. The van der Waals surface area contributed by atoms with Crippen LogP contribution in [-0.2, 0) is 23.9 Å². The number of benzene rings is 1. The first-order valence-electron chi connectivity index (χ1n) is 24.3. The molecule has 12 nitrogen and oxygen atoms in total. The highest BCUT2D eigenvalue weighted by Crippen LogP contribution is 2.76. The number of hydrogen-bond acceptors (Lipinski definition) is 9. The molecule has 0 aromatic heterocycles. The lowest BCUT2D eigenvalue weighted by molar-refractivity contribution is -0.232. The predicted octanol–water partition coefficient (Wildman–Crippen LogP) is 8.56. The maximum Gasteiger partial charge on any atom is 0.309 e. The Hall–Kier alpha value is -3.48. The average Bonchev–Trinajstić information content (AvgIpc) is 3.74. The summed E-state index contributed by atoms with van der Waals surface area (Å²) in [6, 6.07) is 4.83. The molecule has 4 saturated carbocycles. The topological polar surface area (TPSA) is 172 Å². The van der Waals surface area contributed by atoms with Crippen LogP contribution in [0, 0.1) is 50.7 Å². The summed E-state index contributed by atoms with van der Waals surface area (Å²) in [5, 5.41) is 26.4. The van der Waals surface area contributed by atoms with Crippen LogP contribution in [0.2, 0.25) is 5.02 Å². The number of likely N-dealkylation sites (tertiary alicyclic amines) is 1. The first-order valence-corrected chi connectivity index (χ1v) is 24.7. The van der Waals surface area contributed by atoms with Gasteiger partial charge in [-0.15, -0.1) is 0 Å². The number of fused-ring (bicyclic) bond motifs is 7. The van der Waals surface area contributed by atoms with E-state index in [4.69, 9.17) is 21.1 Å². The van der Waals surface area contributed by atoms with Crippen molar-refractivity contribution in [2.45, 2.75) is 170 Å². The summed E-state index contributed by atoms with van der Waals surface area (Å²) in [5.41, 5.74) is -1.76. The highest BCUT2D eigenvalue weighted by molar-refractivity contribution is 6.30. The third-order valence-electron chi connectivity index (χ3n) is 18.3. The number of aliphatic hydroxyl groups is 1. The lowest BCUT2D eigenvalue weighted by Crippen LogP contribution is -2.68. The number of aliphatic hydroxyl groups excluding tert-OH is 1. The maximum absolute atomic E-state index is 14.7. The molecule has 9 atom stereocenters. The summed E-state index contributed by atoms with van der Waals surface area (Å²) in [5.74, 6) is -1.15. The Morgan fingerprint density at radius 3 is 2.28 bits per heavy atom. The molecule has 1 heterocycles. The molecule has 1 saturated heterocycles. The van der Waals surface area contributed by atoms with Crippen LogP contribution in [0.5, 0.6) is 5.75 Å². The van der Waals surface area contributed by atoms with Crippen LogP contribution >= 0.6 is 11.6 Å². The molecule has 65 heavy (non-hydrogen) atoms. The van der Waals surface area contributed by atoms with Crippen LogP contribution in [0.1, 0.15) is 157 Å². The molecule has 5 aliphatic carbocycles. The third kappa shape index (κ3) is 8.57. The lowest BCUT2D eigenvalue weighted by atomic mass is 9.33. The van der Waals surface area contributed by atoms with Crippen molar-refractivity contribution in [2.75, 3.05) is 26.2 Å². The highest BCUT2D eigenvalue weighted by atomic mass is 35.5. The molecule has 4 N–H and O–H groups in total. The van der Waals surface area contributed by atoms with Crippen molar-refractivity contribution >= 4 is 41.1 Å². The van der Waals surface area contributed by atoms with Crippen molar-refractivity contribution in [1.82, 2.24) is 15.5 Å². The first kappa shape index (κ1) is 49.4. The normalized spacial score (nSPS) is 34.6. The molecule has 5 fully saturated rings. The van der Waals surface area contributed by atoms with E-state index < -0.39 is 34.3 Å².